The van der Waals surface area contributed by atoms with Gasteiger partial charge in [0.15, 0.2) is 0 Å². The standard InChI is InChI=1S/C11H24N4O/c1-9(7-11(12)13-16)15-6-4-5-14(3)8-10(15)2/h9-10,16H,4-8H2,1-3H3,(H2,12,13). The van der Waals surface area contributed by atoms with E-state index in [0.29, 0.717) is 24.3 Å². The summed E-state index contributed by atoms with van der Waals surface area (Å²) in [5, 5.41) is 11.6. The van der Waals surface area contributed by atoms with Gasteiger partial charge in [-0.2, -0.15) is 0 Å². The van der Waals surface area contributed by atoms with Gasteiger partial charge < -0.3 is 15.8 Å². The van der Waals surface area contributed by atoms with Crippen molar-refractivity contribution in [3.05, 3.63) is 0 Å². The Bertz CT molecular complexity index is 244. The molecule has 0 aliphatic carbocycles. The maximum Gasteiger partial charge on any atom is 0.140 e. The summed E-state index contributed by atoms with van der Waals surface area (Å²) in [5.74, 6) is 0.317. The molecule has 0 amide bonds. The van der Waals surface area contributed by atoms with Gasteiger partial charge in [-0.25, -0.2) is 0 Å². The van der Waals surface area contributed by atoms with Crippen molar-refractivity contribution in [3.8, 4) is 0 Å². The molecule has 0 aromatic carbocycles. The second kappa shape index (κ2) is 6.06. The topological polar surface area (TPSA) is 65.1 Å². The lowest BCUT2D eigenvalue weighted by Crippen LogP contribution is -2.44. The minimum atomic E-state index is 0.317. The van der Waals surface area contributed by atoms with Gasteiger partial charge in [0, 0.05) is 25.0 Å². The predicted octanol–water partition coefficient (Wildman–Crippen LogP) is 0.537. The first-order valence-corrected chi connectivity index (χ1v) is 5.95. The maximum absolute atomic E-state index is 8.58. The van der Waals surface area contributed by atoms with E-state index in [-0.39, 0.29) is 0 Å². The van der Waals surface area contributed by atoms with Crippen molar-refractivity contribution in [1.82, 2.24) is 9.80 Å². The second-order valence-electron chi connectivity index (χ2n) is 4.85. The Morgan fingerprint density at radius 3 is 2.88 bits per heavy atom. The number of hydrogen-bond acceptors (Lipinski definition) is 4. The Labute approximate surface area is 97.9 Å². The van der Waals surface area contributed by atoms with E-state index in [1.807, 2.05) is 0 Å². The quantitative estimate of drug-likeness (QED) is 0.320. The summed E-state index contributed by atoms with van der Waals surface area (Å²) in [6, 6.07) is 0.853. The molecule has 0 radical (unpaired) electrons. The summed E-state index contributed by atoms with van der Waals surface area (Å²) in [4.78, 5) is 4.81. The molecule has 0 spiro atoms. The zero-order chi connectivity index (χ0) is 12.1. The Kier molecular flexibility index (Phi) is 5.02. The van der Waals surface area contributed by atoms with Gasteiger partial charge in [0.1, 0.15) is 5.84 Å². The van der Waals surface area contributed by atoms with E-state index in [0.717, 1.165) is 19.6 Å². The molecule has 1 aliphatic heterocycles. The number of rotatable bonds is 3. The number of nitrogens with zero attached hydrogens (tertiary/aromatic N) is 3. The Morgan fingerprint density at radius 2 is 2.25 bits per heavy atom. The van der Waals surface area contributed by atoms with Gasteiger partial charge in [0.05, 0.1) is 0 Å². The lowest BCUT2D eigenvalue weighted by Gasteiger charge is -2.33. The summed E-state index contributed by atoms with van der Waals surface area (Å²) in [5.41, 5.74) is 5.56. The van der Waals surface area contributed by atoms with Crippen LogP contribution in [-0.4, -0.2) is 59.6 Å². The van der Waals surface area contributed by atoms with E-state index in [9.17, 15) is 0 Å². The zero-order valence-electron chi connectivity index (χ0n) is 10.6. The third-order valence-electron chi connectivity index (χ3n) is 3.30. The van der Waals surface area contributed by atoms with Crippen molar-refractivity contribution in [2.24, 2.45) is 10.9 Å². The molecule has 2 unspecified atom stereocenters. The molecular formula is C11H24N4O. The molecule has 0 saturated carbocycles. The summed E-state index contributed by atoms with van der Waals surface area (Å²) in [6.07, 6.45) is 1.81. The maximum atomic E-state index is 8.58. The fourth-order valence-electron chi connectivity index (χ4n) is 2.51. The summed E-state index contributed by atoms with van der Waals surface area (Å²) >= 11 is 0. The largest absolute Gasteiger partial charge is 0.409 e. The third kappa shape index (κ3) is 3.64. The summed E-state index contributed by atoms with van der Waals surface area (Å²) in [6.45, 7) is 7.70. The number of amidine groups is 1. The van der Waals surface area contributed by atoms with Gasteiger partial charge in [-0.05, 0) is 40.4 Å². The molecule has 16 heavy (non-hydrogen) atoms. The predicted molar refractivity (Wildman–Crippen MR) is 65.8 cm³/mol. The highest BCUT2D eigenvalue weighted by atomic mass is 16.4. The van der Waals surface area contributed by atoms with Crippen molar-refractivity contribution in [3.63, 3.8) is 0 Å². The first kappa shape index (κ1) is 13.3. The van der Waals surface area contributed by atoms with E-state index in [2.05, 4.69) is 35.9 Å². The van der Waals surface area contributed by atoms with E-state index in [4.69, 9.17) is 10.9 Å². The SMILES string of the molecule is CC(CC(N)=NO)N1CCCN(C)CC1C. The fourth-order valence-corrected chi connectivity index (χ4v) is 2.51. The minimum Gasteiger partial charge on any atom is -0.409 e. The molecular weight excluding hydrogens is 204 g/mol. The summed E-state index contributed by atoms with van der Waals surface area (Å²) in [7, 11) is 2.16. The van der Waals surface area contributed by atoms with Crippen LogP contribution in [0.4, 0.5) is 0 Å². The van der Waals surface area contributed by atoms with Crippen molar-refractivity contribution in [2.45, 2.75) is 38.8 Å². The fraction of sp³-hybridized carbons (Fsp3) is 0.909. The van der Waals surface area contributed by atoms with E-state index in [1.165, 1.54) is 6.42 Å². The monoisotopic (exact) mass is 228 g/mol. The van der Waals surface area contributed by atoms with Crippen LogP contribution in [-0.2, 0) is 0 Å². The Hall–Kier alpha value is -0.810. The molecule has 0 aromatic heterocycles. The summed E-state index contributed by atoms with van der Waals surface area (Å²) < 4.78 is 0. The van der Waals surface area contributed by atoms with Crippen LogP contribution in [0.5, 0.6) is 0 Å². The van der Waals surface area contributed by atoms with Crippen LogP contribution in [0.3, 0.4) is 0 Å². The molecule has 2 atom stereocenters. The van der Waals surface area contributed by atoms with Crippen LogP contribution < -0.4 is 5.73 Å². The lowest BCUT2D eigenvalue weighted by atomic mass is 10.1. The first-order chi connectivity index (χ1) is 7.54. The van der Waals surface area contributed by atoms with Crippen molar-refractivity contribution >= 4 is 5.84 Å². The van der Waals surface area contributed by atoms with Gasteiger partial charge in [-0.3, -0.25) is 4.90 Å². The van der Waals surface area contributed by atoms with Crippen molar-refractivity contribution < 1.29 is 5.21 Å². The molecule has 1 fully saturated rings. The highest BCUT2D eigenvalue weighted by molar-refractivity contribution is 5.80. The average molecular weight is 228 g/mol. The second-order valence-corrected chi connectivity index (χ2v) is 4.85. The Balaban J connectivity index is 2.56. The molecule has 1 heterocycles. The normalized spacial score (nSPS) is 27.7. The van der Waals surface area contributed by atoms with Crippen LogP contribution in [0.1, 0.15) is 26.7 Å². The molecule has 0 aromatic rings. The van der Waals surface area contributed by atoms with Crippen LogP contribution >= 0.6 is 0 Å². The molecule has 1 aliphatic rings. The minimum absolute atomic E-state index is 0.317. The number of likely N-dealkylation sites (N-methyl/N-ethyl adjacent to an activating group) is 1. The van der Waals surface area contributed by atoms with Crippen LogP contribution in [0.15, 0.2) is 5.16 Å². The first-order valence-electron chi connectivity index (χ1n) is 5.95. The van der Waals surface area contributed by atoms with Gasteiger partial charge in [-0.1, -0.05) is 5.16 Å². The highest BCUT2D eigenvalue weighted by Gasteiger charge is 2.24. The molecule has 5 heteroatoms. The molecule has 3 N–H and O–H groups in total. The van der Waals surface area contributed by atoms with Crippen LogP contribution in [0.2, 0.25) is 0 Å². The van der Waals surface area contributed by atoms with Crippen LogP contribution in [0.25, 0.3) is 0 Å². The number of oxime groups is 1. The van der Waals surface area contributed by atoms with Crippen molar-refractivity contribution in [1.29, 1.82) is 0 Å². The van der Waals surface area contributed by atoms with Crippen LogP contribution in [0, 0.1) is 0 Å². The van der Waals surface area contributed by atoms with Gasteiger partial charge in [0.2, 0.25) is 0 Å². The number of hydrogen-bond donors (Lipinski definition) is 2. The zero-order valence-corrected chi connectivity index (χ0v) is 10.6. The van der Waals surface area contributed by atoms with Gasteiger partial charge in [0.25, 0.3) is 0 Å². The molecule has 1 saturated heterocycles. The molecule has 94 valence electrons. The molecule has 1 rings (SSSR count). The van der Waals surface area contributed by atoms with E-state index in [1.54, 1.807) is 0 Å². The average Bonchev–Trinajstić information content (AvgIpc) is 2.38. The van der Waals surface area contributed by atoms with Gasteiger partial charge in [-0.15, -0.1) is 0 Å². The molecule has 5 nitrogen and oxygen atoms in total. The third-order valence-corrected chi connectivity index (χ3v) is 3.30. The molecule has 0 bridgehead atoms. The highest BCUT2D eigenvalue weighted by Crippen LogP contribution is 2.14. The Morgan fingerprint density at radius 1 is 1.56 bits per heavy atom. The van der Waals surface area contributed by atoms with E-state index >= 15 is 0 Å². The van der Waals surface area contributed by atoms with Gasteiger partial charge >= 0.3 is 0 Å². The lowest BCUT2D eigenvalue weighted by molar-refractivity contribution is 0.155. The van der Waals surface area contributed by atoms with E-state index < -0.39 is 0 Å². The van der Waals surface area contributed by atoms with Crippen molar-refractivity contribution in [2.75, 3.05) is 26.7 Å². The number of nitrogens with two attached hydrogens (primary N) is 1. The smallest absolute Gasteiger partial charge is 0.140 e.